The van der Waals surface area contributed by atoms with Gasteiger partial charge in [-0.25, -0.2) is 9.97 Å². The normalized spacial score (nSPS) is 11.5. The van der Waals surface area contributed by atoms with Crippen LogP contribution in [0.4, 0.5) is 17.6 Å². The summed E-state index contributed by atoms with van der Waals surface area (Å²) in [6, 6.07) is 10.1. The van der Waals surface area contributed by atoms with Crippen LogP contribution in [0, 0.1) is 5.95 Å². The smallest absolute Gasteiger partial charge is 0.417 e. The summed E-state index contributed by atoms with van der Waals surface area (Å²) in [5, 5.41) is 0. The van der Waals surface area contributed by atoms with Crippen LogP contribution >= 0.6 is 0 Å². The quantitative estimate of drug-likeness (QED) is 0.246. The van der Waals surface area contributed by atoms with E-state index in [1.807, 2.05) is 0 Å². The molecule has 0 radical (unpaired) electrons. The number of nitrogens with zero attached hydrogens (tertiary/aromatic N) is 4. The second kappa shape index (κ2) is 10.1. The Kier molecular flexibility index (Phi) is 6.97. The zero-order valence-corrected chi connectivity index (χ0v) is 18.7. The van der Waals surface area contributed by atoms with E-state index >= 15 is 0 Å². The molecule has 182 valence electrons. The summed E-state index contributed by atoms with van der Waals surface area (Å²) < 4.78 is 69.5. The molecule has 7 nitrogen and oxygen atoms in total. The zero-order valence-electron chi connectivity index (χ0n) is 18.7. The number of ether oxygens (including phenoxy) is 3. The van der Waals surface area contributed by atoms with E-state index in [0.717, 1.165) is 12.3 Å². The molecular weight excluding hydrogens is 468 g/mol. The lowest BCUT2D eigenvalue weighted by molar-refractivity contribution is -0.137. The van der Waals surface area contributed by atoms with Gasteiger partial charge in [-0.05, 0) is 36.4 Å². The van der Waals surface area contributed by atoms with Crippen LogP contribution in [0.5, 0.6) is 11.5 Å². The Hall–Kier alpha value is -3.99. The number of aromatic nitrogens is 4. The molecule has 35 heavy (non-hydrogen) atoms. The van der Waals surface area contributed by atoms with E-state index in [1.165, 1.54) is 25.4 Å². The standard InChI is InChI=1S/C24H20F4N4O3/c1-33-14-32-12-20(31-23(32)15-3-8-22(25)30-10-15)19-7-6-18(9-21(19)34-2)35-13-17-5-4-16(11-29-17)24(26,27)28/h3-12H,13-14H2,1-2H3. The van der Waals surface area contributed by atoms with Crippen LogP contribution in [0.3, 0.4) is 0 Å². The highest BCUT2D eigenvalue weighted by Gasteiger charge is 2.30. The fourth-order valence-electron chi connectivity index (χ4n) is 3.33. The fourth-order valence-corrected chi connectivity index (χ4v) is 3.33. The zero-order chi connectivity index (χ0) is 25.0. The Labute approximate surface area is 198 Å². The molecule has 0 N–H and O–H groups in total. The van der Waals surface area contributed by atoms with Crippen molar-refractivity contribution in [2.75, 3.05) is 14.2 Å². The maximum atomic E-state index is 13.3. The van der Waals surface area contributed by atoms with E-state index in [9.17, 15) is 17.6 Å². The average Bonchev–Trinajstić information content (AvgIpc) is 3.26. The molecule has 4 aromatic rings. The van der Waals surface area contributed by atoms with Gasteiger partial charge in [-0.15, -0.1) is 0 Å². The molecule has 0 amide bonds. The number of imidazole rings is 1. The van der Waals surface area contributed by atoms with Crippen LogP contribution in [0.15, 0.2) is 61.1 Å². The van der Waals surface area contributed by atoms with Crippen molar-refractivity contribution in [3.8, 4) is 34.1 Å². The first-order chi connectivity index (χ1) is 16.8. The molecule has 3 heterocycles. The molecule has 11 heteroatoms. The SMILES string of the molecule is COCn1cc(-c2ccc(OCc3ccc(C(F)(F)F)cn3)cc2OC)nc1-c1ccc(F)nc1. The minimum Gasteiger partial charge on any atom is -0.496 e. The van der Waals surface area contributed by atoms with Crippen molar-refractivity contribution in [3.63, 3.8) is 0 Å². The Morgan fingerprint density at radius 3 is 2.43 bits per heavy atom. The molecule has 0 saturated carbocycles. The average molecular weight is 488 g/mol. The first-order valence-electron chi connectivity index (χ1n) is 10.3. The highest BCUT2D eigenvalue weighted by atomic mass is 19.4. The Morgan fingerprint density at radius 2 is 1.80 bits per heavy atom. The van der Waals surface area contributed by atoms with Gasteiger partial charge in [0, 0.05) is 42.9 Å². The third-order valence-corrected chi connectivity index (χ3v) is 5.02. The lowest BCUT2D eigenvalue weighted by atomic mass is 10.1. The van der Waals surface area contributed by atoms with Gasteiger partial charge in [0.25, 0.3) is 0 Å². The molecule has 0 aliphatic carbocycles. The van der Waals surface area contributed by atoms with Gasteiger partial charge in [0.05, 0.1) is 24.1 Å². The van der Waals surface area contributed by atoms with E-state index in [1.54, 1.807) is 42.1 Å². The Morgan fingerprint density at radius 1 is 0.971 bits per heavy atom. The number of alkyl halides is 3. The number of methoxy groups -OCH3 is 2. The first kappa shape index (κ1) is 24.1. The Bertz CT molecular complexity index is 1290. The Balaban J connectivity index is 1.56. The van der Waals surface area contributed by atoms with Crippen LogP contribution in [0.1, 0.15) is 11.3 Å². The second-order valence-corrected chi connectivity index (χ2v) is 7.39. The van der Waals surface area contributed by atoms with Crippen LogP contribution in [-0.2, 0) is 24.3 Å². The van der Waals surface area contributed by atoms with Crippen LogP contribution in [-0.4, -0.2) is 33.7 Å². The number of hydrogen-bond donors (Lipinski definition) is 0. The molecule has 0 aliphatic heterocycles. The highest BCUT2D eigenvalue weighted by molar-refractivity contribution is 5.71. The fraction of sp³-hybridized carbons (Fsp3) is 0.208. The first-order valence-corrected chi connectivity index (χ1v) is 10.3. The number of pyridine rings is 2. The van der Waals surface area contributed by atoms with Crippen molar-refractivity contribution in [1.82, 2.24) is 19.5 Å². The molecule has 0 atom stereocenters. The summed E-state index contributed by atoms with van der Waals surface area (Å²) >= 11 is 0. The molecule has 0 aliphatic rings. The molecular formula is C24H20F4N4O3. The van der Waals surface area contributed by atoms with Crippen molar-refractivity contribution in [2.24, 2.45) is 0 Å². The summed E-state index contributed by atoms with van der Waals surface area (Å²) in [7, 11) is 3.04. The summed E-state index contributed by atoms with van der Waals surface area (Å²) in [4.78, 5) is 12.1. The maximum Gasteiger partial charge on any atom is 0.417 e. The van der Waals surface area contributed by atoms with Crippen molar-refractivity contribution in [1.29, 1.82) is 0 Å². The molecule has 0 unspecified atom stereocenters. The third-order valence-electron chi connectivity index (χ3n) is 5.02. The van der Waals surface area contributed by atoms with Crippen molar-refractivity contribution in [3.05, 3.63) is 78.3 Å². The number of hydrogen-bond acceptors (Lipinski definition) is 6. The van der Waals surface area contributed by atoms with Gasteiger partial charge in [-0.2, -0.15) is 17.6 Å². The molecule has 0 fully saturated rings. The van der Waals surface area contributed by atoms with Gasteiger partial charge in [-0.3, -0.25) is 4.98 Å². The predicted octanol–water partition coefficient (Wildman–Crippen LogP) is 5.36. The summed E-state index contributed by atoms with van der Waals surface area (Å²) in [5.41, 5.74) is 1.37. The van der Waals surface area contributed by atoms with Crippen molar-refractivity contribution >= 4 is 0 Å². The number of halogens is 4. The van der Waals surface area contributed by atoms with E-state index in [0.29, 0.717) is 39.8 Å². The van der Waals surface area contributed by atoms with Crippen LogP contribution in [0.2, 0.25) is 0 Å². The van der Waals surface area contributed by atoms with Gasteiger partial charge in [0.15, 0.2) is 0 Å². The summed E-state index contributed by atoms with van der Waals surface area (Å²) in [6.45, 7) is 0.189. The van der Waals surface area contributed by atoms with Gasteiger partial charge < -0.3 is 18.8 Å². The monoisotopic (exact) mass is 488 g/mol. The van der Waals surface area contributed by atoms with Gasteiger partial charge >= 0.3 is 6.18 Å². The van der Waals surface area contributed by atoms with E-state index in [-0.39, 0.29) is 13.3 Å². The minimum atomic E-state index is -4.45. The molecule has 1 aromatic carbocycles. The van der Waals surface area contributed by atoms with Crippen LogP contribution < -0.4 is 9.47 Å². The second-order valence-electron chi connectivity index (χ2n) is 7.39. The van der Waals surface area contributed by atoms with E-state index in [2.05, 4.69) is 15.0 Å². The topological polar surface area (TPSA) is 71.3 Å². The lowest BCUT2D eigenvalue weighted by Crippen LogP contribution is -2.06. The third kappa shape index (κ3) is 5.57. The largest absolute Gasteiger partial charge is 0.496 e. The maximum absolute atomic E-state index is 13.3. The lowest BCUT2D eigenvalue weighted by Gasteiger charge is -2.11. The van der Waals surface area contributed by atoms with E-state index in [4.69, 9.17) is 14.2 Å². The summed E-state index contributed by atoms with van der Waals surface area (Å²) in [6.07, 6.45) is -0.518. The molecule has 3 aromatic heterocycles. The van der Waals surface area contributed by atoms with Gasteiger partial charge in [0.2, 0.25) is 5.95 Å². The molecule has 0 saturated heterocycles. The van der Waals surface area contributed by atoms with Crippen LogP contribution in [0.25, 0.3) is 22.6 Å². The molecule has 0 bridgehead atoms. The van der Waals surface area contributed by atoms with Crippen molar-refractivity contribution < 1.29 is 31.8 Å². The highest BCUT2D eigenvalue weighted by Crippen LogP contribution is 2.35. The van der Waals surface area contributed by atoms with E-state index < -0.39 is 17.7 Å². The summed E-state index contributed by atoms with van der Waals surface area (Å²) in [5.74, 6) is 0.841. The molecule has 4 rings (SSSR count). The molecule has 0 spiro atoms. The predicted molar refractivity (Wildman–Crippen MR) is 118 cm³/mol. The number of benzene rings is 1. The van der Waals surface area contributed by atoms with Gasteiger partial charge in [-0.1, -0.05) is 0 Å². The number of rotatable bonds is 8. The van der Waals surface area contributed by atoms with Crippen molar-refractivity contribution in [2.45, 2.75) is 19.5 Å². The van der Waals surface area contributed by atoms with Gasteiger partial charge in [0.1, 0.15) is 30.7 Å². The minimum absolute atomic E-state index is 0.0230.